The van der Waals surface area contributed by atoms with Crippen LogP contribution in [0.1, 0.15) is 10.4 Å². The van der Waals surface area contributed by atoms with Crippen molar-refractivity contribution in [3.8, 4) is 11.4 Å². The summed E-state index contributed by atoms with van der Waals surface area (Å²) in [5, 5.41) is 10.3. The Bertz CT molecular complexity index is 1270. The Labute approximate surface area is 184 Å². The molecule has 0 atom stereocenters. The molecule has 162 valence electrons. The van der Waals surface area contributed by atoms with E-state index in [2.05, 4.69) is 14.8 Å². The number of carbonyl (C=O) groups excluding carboxylic acids is 1. The van der Waals surface area contributed by atoms with Crippen LogP contribution in [0.2, 0.25) is 0 Å². The third-order valence-electron chi connectivity index (χ3n) is 5.77. The summed E-state index contributed by atoms with van der Waals surface area (Å²) < 4.78 is 1.92. The lowest BCUT2D eigenvalue weighted by atomic mass is 10.2. The molecular weight excluding hydrogens is 406 g/mol. The van der Waals surface area contributed by atoms with E-state index in [4.69, 9.17) is 16.5 Å². The number of anilines is 3. The van der Waals surface area contributed by atoms with Crippen molar-refractivity contribution in [2.75, 3.05) is 41.7 Å². The molecule has 1 aliphatic rings. The maximum atomic E-state index is 11.4. The van der Waals surface area contributed by atoms with Crippen LogP contribution in [-0.4, -0.2) is 51.7 Å². The van der Waals surface area contributed by atoms with E-state index in [-0.39, 0.29) is 5.75 Å². The number of hydrogen-bond donors (Lipinski definition) is 3. The second kappa shape index (κ2) is 7.77. The molecule has 9 heteroatoms. The number of benzene rings is 2. The first-order valence-electron chi connectivity index (χ1n) is 10.3. The summed E-state index contributed by atoms with van der Waals surface area (Å²) in [7, 11) is 0. The van der Waals surface area contributed by atoms with Gasteiger partial charge >= 0.3 is 0 Å². The topological polar surface area (TPSA) is 127 Å². The van der Waals surface area contributed by atoms with E-state index in [1.165, 1.54) is 0 Å². The lowest BCUT2D eigenvalue weighted by Gasteiger charge is -2.36. The highest BCUT2D eigenvalue weighted by atomic mass is 16.3. The molecule has 0 saturated carbocycles. The minimum atomic E-state index is -0.464. The van der Waals surface area contributed by atoms with Gasteiger partial charge in [0.15, 0.2) is 5.65 Å². The second-order valence-electron chi connectivity index (χ2n) is 7.73. The smallest absolute Gasteiger partial charge is 0.248 e. The molecule has 0 radical (unpaired) electrons. The molecular formula is C23H23N7O2. The number of primary amides is 1. The van der Waals surface area contributed by atoms with E-state index in [0.717, 1.165) is 42.9 Å². The molecule has 0 aliphatic carbocycles. The number of rotatable bonds is 4. The quantitative estimate of drug-likeness (QED) is 0.454. The van der Waals surface area contributed by atoms with Crippen molar-refractivity contribution >= 4 is 34.4 Å². The molecule has 0 unspecified atom stereocenters. The minimum absolute atomic E-state index is 0.261. The summed E-state index contributed by atoms with van der Waals surface area (Å²) in [6, 6.07) is 16.2. The predicted molar refractivity (Wildman–Crippen MR) is 124 cm³/mol. The number of nitrogens with two attached hydrogens (primary N) is 2. The number of piperazine rings is 1. The van der Waals surface area contributed by atoms with Crippen LogP contribution in [0, 0.1) is 0 Å². The van der Waals surface area contributed by atoms with Gasteiger partial charge in [-0.25, -0.2) is 0 Å². The first-order valence-corrected chi connectivity index (χ1v) is 10.3. The Hall–Kier alpha value is -4.27. The number of carbonyl (C=O) groups is 1. The SMILES string of the molecule is NC(=O)c1ccc(-n2ccc3c(N)nc(N4CCN(c5ccc(O)cc5)CC4)nc32)cc1. The third kappa shape index (κ3) is 3.53. The van der Waals surface area contributed by atoms with E-state index in [0.29, 0.717) is 23.0 Å². The molecule has 5 N–H and O–H groups in total. The van der Waals surface area contributed by atoms with Crippen molar-refractivity contribution in [1.82, 2.24) is 14.5 Å². The number of aromatic nitrogens is 3. The number of fused-ring (bicyclic) bond motifs is 1. The molecule has 1 saturated heterocycles. The van der Waals surface area contributed by atoms with Gasteiger partial charge < -0.3 is 30.9 Å². The van der Waals surface area contributed by atoms with E-state index >= 15 is 0 Å². The molecule has 0 spiro atoms. The van der Waals surface area contributed by atoms with Crippen molar-refractivity contribution in [3.05, 3.63) is 66.4 Å². The first kappa shape index (κ1) is 19.7. The monoisotopic (exact) mass is 429 g/mol. The number of hydrogen-bond acceptors (Lipinski definition) is 7. The fourth-order valence-corrected chi connectivity index (χ4v) is 3.99. The van der Waals surface area contributed by atoms with Crippen LogP contribution < -0.4 is 21.3 Å². The number of phenolic OH excluding ortho intramolecular Hbond substituents is 1. The van der Waals surface area contributed by atoms with E-state index in [1.807, 2.05) is 41.1 Å². The second-order valence-corrected chi connectivity index (χ2v) is 7.73. The molecule has 1 aliphatic heterocycles. The Morgan fingerprint density at radius 1 is 0.844 bits per heavy atom. The molecule has 4 aromatic rings. The molecule has 3 heterocycles. The lowest BCUT2D eigenvalue weighted by molar-refractivity contribution is 0.100. The number of nitrogens with zero attached hydrogens (tertiary/aromatic N) is 5. The zero-order valence-electron chi connectivity index (χ0n) is 17.3. The molecule has 2 aromatic heterocycles. The Balaban J connectivity index is 1.41. The van der Waals surface area contributed by atoms with Gasteiger partial charge in [-0.3, -0.25) is 4.79 Å². The molecule has 32 heavy (non-hydrogen) atoms. The number of phenols is 1. The average Bonchev–Trinajstić information content (AvgIpc) is 3.24. The fourth-order valence-electron chi connectivity index (χ4n) is 3.99. The third-order valence-corrected chi connectivity index (χ3v) is 5.77. The van der Waals surface area contributed by atoms with Crippen LogP contribution in [0.15, 0.2) is 60.8 Å². The summed E-state index contributed by atoms with van der Waals surface area (Å²) >= 11 is 0. The van der Waals surface area contributed by atoms with Gasteiger partial charge in [0.05, 0.1) is 5.39 Å². The molecule has 1 fully saturated rings. The van der Waals surface area contributed by atoms with Gasteiger partial charge in [-0.1, -0.05) is 0 Å². The highest BCUT2D eigenvalue weighted by Crippen LogP contribution is 2.27. The number of amides is 1. The van der Waals surface area contributed by atoms with Crippen LogP contribution in [-0.2, 0) is 0 Å². The van der Waals surface area contributed by atoms with Crippen molar-refractivity contribution in [3.63, 3.8) is 0 Å². The van der Waals surface area contributed by atoms with Crippen molar-refractivity contribution in [2.24, 2.45) is 5.73 Å². The normalized spacial score (nSPS) is 14.1. The fraction of sp³-hybridized carbons (Fsp3) is 0.174. The zero-order valence-corrected chi connectivity index (χ0v) is 17.3. The van der Waals surface area contributed by atoms with E-state index in [1.54, 1.807) is 24.3 Å². The van der Waals surface area contributed by atoms with Crippen LogP contribution in [0.5, 0.6) is 5.75 Å². The van der Waals surface area contributed by atoms with Crippen LogP contribution in [0.3, 0.4) is 0 Å². The lowest BCUT2D eigenvalue weighted by Crippen LogP contribution is -2.47. The van der Waals surface area contributed by atoms with Gasteiger partial charge in [-0.15, -0.1) is 0 Å². The highest BCUT2D eigenvalue weighted by Gasteiger charge is 2.21. The largest absolute Gasteiger partial charge is 0.508 e. The summed E-state index contributed by atoms with van der Waals surface area (Å²) in [5.74, 6) is 0.818. The summed E-state index contributed by atoms with van der Waals surface area (Å²) in [5.41, 5.74) is 14.7. The van der Waals surface area contributed by atoms with E-state index in [9.17, 15) is 9.90 Å². The summed E-state index contributed by atoms with van der Waals surface area (Å²) in [6.07, 6.45) is 1.89. The van der Waals surface area contributed by atoms with Crippen molar-refractivity contribution < 1.29 is 9.90 Å². The molecule has 1 amide bonds. The maximum absolute atomic E-state index is 11.4. The summed E-state index contributed by atoms with van der Waals surface area (Å²) in [4.78, 5) is 25.1. The zero-order chi connectivity index (χ0) is 22.2. The van der Waals surface area contributed by atoms with Gasteiger partial charge in [-0.2, -0.15) is 9.97 Å². The molecule has 0 bridgehead atoms. The molecule has 2 aromatic carbocycles. The van der Waals surface area contributed by atoms with Gasteiger partial charge in [0.1, 0.15) is 11.6 Å². The first-order chi connectivity index (χ1) is 15.5. The maximum Gasteiger partial charge on any atom is 0.248 e. The van der Waals surface area contributed by atoms with Gasteiger partial charge in [0.25, 0.3) is 0 Å². The van der Waals surface area contributed by atoms with Crippen molar-refractivity contribution in [2.45, 2.75) is 0 Å². The molecule has 5 rings (SSSR count). The number of nitrogen functional groups attached to an aromatic ring is 1. The van der Waals surface area contributed by atoms with Crippen LogP contribution >= 0.6 is 0 Å². The van der Waals surface area contributed by atoms with Crippen LogP contribution in [0.25, 0.3) is 16.7 Å². The van der Waals surface area contributed by atoms with E-state index < -0.39 is 5.91 Å². The molecule has 9 nitrogen and oxygen atoms in total. The Morgan fingerprint density at radius 3 is 2.12 bits per heavy atom. The van der Waals surface area contributed by atoms with Gasteiger partial charge in [0.2, 0.25) is 11.9 Å². The number of aromatic hydroxyl groups is 1. The Kier molecular flexibility index (Phi) is 4.78. The Morgan fingerprint density at radius 2 is 1.47 bits per heavy atom. The van der Waals surface area contributed by atoms with Crippen LogP contribution in [0.4, 0.5) is 17.5 Å². The summed E-state index contributed by atoms with van der Waals surface area (Å²) in [6.45, 7) is 3.11. The highest BCUT2D eigenvalue weighted by molar-refractivity contribution is 5.93. The van der Waals surface area contributed by atoms with Gasteiger partial charge in [0, 0.05) is 49.3 Å². The standard InChI is InChI=1S/C23H23N7O2/c24-20-19-9-10-30(17-3-1-15(2-4-17)21(25)32)22(19)27-23(26-20)29-13-11-28(12-14-29)16-5-7-18(31)8-6-16/h1-10,31H,11-14H2,(H2,25,32)(H2,24,26,27). The van der Waals surface area contributed by atoms with Crippen molar-refractivity contribution in [1.29, 1.82) is 0 Å². The average molecular weight is 429 g/mol. The van der Waals surface area contributed by atoms with Gasteiger partial charge in [-0.05, 0) is 54.6 Å². The predicted octanol–water partition coefficient (Wildman–Crippen LogP) is 2.13. The minimum Gasteiger partial charge on any atom is -0.508 e.